The molecule has 0 amide bonds. The third kappa shape index (κ3) is 3.96. The zero-order chi connectivity index (χ0) is 20.1. The Morgan fingerprint density at radius 3 is 1.79 bits per heavy atom. The van der Waals surface area contributed by atoms with E-state index in [0.717, 1.165) is 0 Å². The van der Waals surface area contributed by atoms with Crippen molar-refractivity contribution in [2.45, 2.75) is 65.2 Å². The average Bonchev–Trinajstić information content (AvgIpc) is 3.09. The van der Waals surface area contributed by atoms with Crippen molar-refractivity contribution in [1.29, 1.82) is 0 Å². The molecule has 0 N–H and O–H groups in total. The van der Waals surface area contributed by atoms with E-state index in [9.17, 15) is 0 Å². The molecule has 4 aromatic rings. The van der Waals surface area contributed by atoms with Gasteiger partial charge in [-0.15, -0.1) is 0 Å². The zero-order valence-electron chi connectivity index (χ0n) is 18.0. The molecule has 3 aromatic carbocycles. The van der Waals surface area contributed by atoms with Crippen LogP contribution in [0.4, 0.5) is 0 Å². The fraction of sp³-hybridized carbons (Fsp3) is 0.357. The summed E-state index contributed by atoms with van der Waals surface area (Å²) in [5, 5.41) is 2.69. The van der Waals surface area contributed by atoms with Crippen molar-refractivity contribution in [2.24, 2.45) is 0 Å². The Morgan fingerprint density at radius 2 is 1.17 bits per heavy atom. The van der Waals surface area contributed by atoms with E-state index in [0.29, 0.717) is 0 Å². The van der Waals surface area contributed by atoms with Crippen LogP contribution >= 0.6 is 0 Å². The summed E-state index contributed by atoms with van der Waals surface area (Å²) in [4.78, 5) is 0. The molecule has 0 atom stereocenters. The summed E-state index contributed by atoms with van der Waals surface area (Å²) in [6.45, 7) is 4.58. The Balaban J connectivity index is 1.90. The molecule has 0 saturated carbocycles. The van der Waals surface area contributed by atoms with Crippen LogP contribution in [0.25, 0.3) is 27.5 Å². The summed E-state index contributed by atoms with van der Waals surface area (Å²) in [6.07, 6.45) is 10.1. The number of benzene rings is 3. The SMILES string of the molecule is CCCCCc1cccc(-n2c3ccccc3c3ccccc32)c1CCCCC. The molecule has 1 nitrogen and oxygen atoms in total. The first-order valence-electron chi connectivity index (χ1n) is 11.4. The van der Waals surface area contributed by atoms with Gasteiger partial charge in [-0.25, -0.2) is 0 Å². The molecule has 0 aliphatic carbocycles. The lowest BCUT2D eigenvalue weighted by Crippen LogP contribution is -2.04. The fourth-order valence-corrected chi connectivity index (χ4v) is 4.65. The van der Waals surface area contributed by atoms with Gasteiger partial charge in [0.1, 0.15) is 0 Å². The predicted octanol–water partition coefficient (Wildman–Crippen LogP) is 8.25. The summed E-state index contributed by atoms with van der Waals surface area (Å²) in [6, 6.07) is 24.7. The molecule has 1 aromatic heterocycles. The summed E-state index contributed by atoms with van der Waals surface area (Å²) in [7, 11) is 0. The molecule has 0 bridgehead atoms. The highest BCUT2D eigenvalue weighted by atomic mass is 15.0. The third-order valence-corrected chi connectivity index (χ3v) is 6.15. The Morgan fingerprint density at radius 1 is 0.586 bits per heavy atom. The highest BCUT2D eigenvalue weighted by Gasteiger charge is 2.16. The van der Waals surface area contributed by atoms with Gasteiger partial charge in [-0.2, -0.15) is 0 Å². The highest BCUT2D eigenvalue weighted by Crippen LogP contribution is 2.34. The lowest BCUT2D eigenvalue weighted by Gasteiger charge is -2.18. The van der Waals surface area contributed by atoms with Crippen LogP contribution in [0.1, 0.15) is 63.5 Å². The van der Waals surface area contributed by atoms with E-state index in [4.69, 9.17) is 0 Å². The van der Waals surface area contributed by atoms with E-state index in [1.54, 1.807) is 11.1 Å². The van der Waals surface area contributed by atoms with Gasteiger partial charge in [0, 0.05) is 16.5 Å². The summed E-state index contributed by atoms with van der Waals surface area (Å²) >= 11 is 0. The molecule has 0 fully saturated rings. The Bertz CT molecular complexity index is 1030. The number of fused-ring (bicyclic) bond motifs is 3. The van der Waals surface area contributed by atoms with Gasteiger partial charge in [-0.1, -0.05) is 88.1 Å². The molecule has 0 aliphatic rings. The van der Waals surface area contributed by atoms with E-state index >= 15 is 0 Å². The van der Waals surface area contributed by atoms with Gasteiger partial charge in [0.05, 0.1) is 11.0 Å². The molecule has 1 heteroatoms. The first kappa shape index (κ1) is 19.8. The van der Waals surface area contributed by atoms with Gasteiger partial charge in [-0.05, 0) is 55.0 Å². The van der Waals surface area contributed by atoms with Gasteiger partial charge < -0.3 is 4.57 Å². The average molecular weight is 384 g/mol. The second-order valence-electron chi connectivity index (χ2n) is 8.20. The maximum atomic E-state index is 2.51. The van der Waals surface area contributed by atoms with Crippen molar-refractivity contribution < 1.29 is 0 Å². The number of unbranched alkanes of at least 4 members (excludes halogenated alkanes) is 4. The first-order chi connectivity index (χ1) is 14.3. The molecular weight excluding hydrogens is 350 g/mol. The topological polar surface area (TPSA) is 4.93 Å². The fourth-order valence-electron chi connectivity index (χ4n) is 4.65. The monoisotopic (exact) mass is 383 g/mol. The van der Waals surface area contributed by atoms with Crippen molar-refractivity contribution >= 4 is 21.8 Å². The molecule has 0 aliphatic heterocycles. The van der Waals surface area contributed by atoms with Crippen molar-refractivity contribution in [3.05, 3.63) is 77.9 Å². The maximum Gasteiger partial charge on any atom is 0.0541 e. The van der Waals surface area contributed by atoms with Crippen LogP contribution in [0, 0.1) is 0 Å². The van der Waals surface area contributed by atoms with Gasteiger partial charge in [-0.3, -0.25) is 0 Å². The minimum Gasteiger partial charge on any atom is -0.309 e. The van der Waals surface area contributed by atoms with Crippen molar-refractivity contribution in [3.8, 4) is 5.69 Å². The van der Waals surface area contributed by atoms with E-state index in [2.05, 4.69) is 85.1 Å². The second kappa shape index (κ2) is 9.31. The molecule has 0 spiro atoms. The summed E-state index contributed by atoms with van der Waals surface area (Å²) in [5.41, 5.74) is 7.12. The first-order valence-corrected chi connectivity index (χ1v) is 11.4. The Labute approximate surface area is 175 Å². The largest absolute Gasteiger partial charge is 0.309 e. The van der Waals surface area contributed by atoms with Crippen molar-refractivity contribution in [1.82, 2.24) is 4.57 Å². The number of nitrogens with zero attached hydrogens (tertiary/aromatic N) is 1. The number of rotatable bonds is 9. The van der Waals surface area contributed by atoms with E-state index in [1.807, 2.05) is 0 Å². The molecule has 4 rings (SSSR count). The van der Waals surface area contributed by atoms with Gasteiger partial charge >= 0.3 is 0 Å². The lowest BCUT2D eigenvalue weighted by atomic mass is 9.95. The normalized spacial score (nSPS) is 11.5. The number of aromatic nitrogens is 1. The van der Waals surface area contributed by atoms with Crippen LogP contribution in [0.2, 0.25) is 0 Å². The van der Waals surface area contributed by atoms with Gasteiger partial charge in [0.2, 0.25) is 0 Å². The maximum absolute atomic E-state index is 2.51. The quantitative estimate of drug-likeness (QED) is 0.256. The number of hydrogen-bond acceptors (Lipinski definition) is 0. The third-order valence-electron chi connectivity index (χ3n) is 6.15. The minimum absolute atomic E-state index is 1.17. The van der Waals surface area contributed by atoms with Crippen molar-refractivity contribution in [2.75, 3.05) is 0 Å². The standard InChI is InChI=1S/C28H33N/c1-3-5-7-14-22-15-13-21-26(23(22)16-8-6-4-2)29-27-19-11-9-17-24(27)25-18-10-12-20-28(25)29/h9-13,15,17-21H,3-8,14,16H2,1-2H3. The van der Waals surface area contributed by atoms with Gasteiger partial charge in [0.15, 0.2) is 0 Å². The van der Waals surface area contributed by atoms with Crippen LogP contribution in [-0.4, -0.2) is 4.57 Å². The number of aryl methyl sites for hydroxylation is 1. The molecule has 29 heavy (non-hydrogen) atoms. The number of para-hydroxylation sites is 2. The molecule has 0 radical (unpaired) electrons. The molecule has 0 unspecified atom stereocenters. The lowest BCUT2D eigenvalue weighted by molar-refractivity contribution is 0.692. The Kier molecular flexibility index (Phi) is 6.34. The molecule has 0 saturated heterocycles. The summed E-state index contributed by atoms with van der Waals surface area (Å²) in [5.74, 6) is 0. The molecule has 150 valence electrons. The van der Waals surface area contributed by atoms with Crippen LogP contribution in [-0.2, 0) is 12.8 Å². The van der Waals surface area contributed by atoms with Crippen LogP contribution < -0.4 is 0 Å². The van der Waals surface area contributed by atoms with Crippen LogP contribution in [0.15, 0.2) is 66.7 Å². The molecule has 1 heterocycles. The van der Waals surface area contributed by atoms with E-state index in [-0.39, 0.29) is 0 Å². The van der Waals surface area contributed by atoms with E-state index in [1.165, 1.54) is 78.9 Å². The Hall–Kier alpha value is -2.54. The van der Waals surface area contributed by atoms with Crippen LogP contribution in [0.3, 0.4) is 0 Å². The molecular formula is C28H33N. The van der Waals surface area contributed by atoms with Gasteiger partial charge in [0.25, 0.3) is 0 Å². The second-order valence-corrected chi connectivity index (χ2v) is 8.20. The van der Waals surface area contributed by atoms with Crippen LogP contribution in [0.5, 0.6) is 0 Å². The van der Waals surface area contributed by atoms with E-state index < -0.39 is 0 Å². The predicted molar refractivity (Wildman–Crippen MR) is 127 cm³/mol. The smallest absolute Gasteiger partial charge is 0.0541 e. The summed E-state index contributed by atoms with van der Waals surface area (Å²) < 4.78 is 2.51. The van der Waals surface area contributed by atoms with Crippen molar-refractivity contribution in [3.63, 3.8) is 0 Å². The number of hydrogen-bond donors (Lipinski definition) is 0. The highest BCUT2D eigenvalue weighted by molar-refractivity contribution is 6.09. The minimum atomic E-state index is 1.17. The zero-order valence-corrected chi connectivity index (χ0v) is 18.0.